The predicted octanol–water partition coefficient (Wildman–Crippen LogP) is 12.8. The lowest BCUT2D eigenvalue weighted by atomic mass is 9.88. The Morgan fingerprint density at radius 2 is 0.885 bits per heavy atom. The molecular weight excluding hydrogens is 631 g/mol. The summed E-state index contributed by atoms with van der Waals surface area (Å²) in [6, 6.07) is 69.1. The van der Waals surface area contributed by atoms with Crippen molar-refractivity contribution in [3.63, 3.8) is 0 Å². The maximum absolute atomic E-state index is 10.0. The van der Waals surface area contributed by atoms with Gasteiger partial charge in [-0.15, -0.1) is 0 Å². The van der Waals surface area contributed by atoms with Crippen molar-refractivity contribution in [3.8, 4) is 50.8 Å². The summed E-state index contributed by atoms with van der Waals surface area (Å²) in [5.41, 5.74) is 14.3. The highest BCUT2D eigenvalue weighted by Crippen LogP contribution is 2.44. The number of aromatic nitrogens is 2. The zero-order chi connectivity index (χ0) is 34.6. The van der Waals surface area contributed by atoms with Crippen LogP contribution in [0.5, 0.6) is 0 Å². The van der Waals surface area contributed by atoms with Gasteiger partial charge in [0.1, 0.15) is 6.07 Å². The molecule has 0 bridgehead atoms. The van der Waals surface area contributed by atoms with Crippen LogP contribution in [0.15, 0.2) is 188 Å². The van der Waals surface area contributed by atoms with Gasteiger partial charge in [0, 0.05) is 32.8 Å². The van der Waals surface area contributed by atoms with E-state index in [4.69, 9.17) is 0 Å². The first-order chi connectivity index (χ1) is 25.8. The SMILES string of the molecule is N#Cc1ccccc1-n1c2ccccc2c2cc(-c3ccccc3-c3ccccc3-c3cccc4c5ccccc5n(-c5ccccc5)c34)ccc21. The zero-order valence-corrected chi connectivity index (χ0v) is 28.2. The molecule has 2 heterocycles. The summed E-state index contributed by atoms with van der Waals surface area (Å²) in [6.07, 6.45) is 0. The van der Waals surface area contributed by atoms with E-state index in [1.54, 1.807) is 0 Å². The number of nitrogens with zero attached hydrogens (tertiary/aromatic N) is 3. The normalized spacial score (nSPS) is 11.4. The quantitative estimate of drug-likeness (QED) is 0.181. The molecule has 3 heteroatoms. The van der Waals surface area contributed by atoms with Crippen LogP contribution in [0.2, 0.25) is 0 Å². The van der Waals surface area contributed by atoms with Crippen molar-refractivity contribution in [1.82, 2.24) is 9.13 Å². The van der Waals surface area contributed by atoms with Crippen LogP contribution >= 0.6 is 0 Å². The van der Waals surface area contributed by atoms with Gasteiger partial charge >= 0.3 is 0 Å². The molecule has 3 nitrogen and oxygen atoms in total. The van der Waals surface area contributed by atoms with E-state index in [0.29, 0.717) is 5.56 Å². The van der Waals surface area contributed by atoms with Gasteiger partial charge < -0.3 is 9.13 Å². The fraction of sp³-hybridized carbons (Fsp3) is 0. The smallest absolute Gasteiger partial charge is 0.101 e. The van der Waals surface area contributed by atoms with Crippen molar-refractivity contribution in [2.75, 3.05) is 0 Å². The highest BCUT2D eigenvalue weighted by Gasteiger charge is 2.20. The number of fused-ring (bicyclic) bond motifs is 6. The van der Waals surface area contributed by atoms with Gasteiger partial charge in [0.25, 0.3) is 0 Å². The molecule has 0 aliphatic carbocycles. The van der Waals surface area contributed by atoms with E-state index in [0.717, 1.165) is 38.7 Å². The van der Waals surface area contributed by atoms with Crippen LogP contribution < -0.4 is 0 Å². The summed E-state index contributed by atoms with van der Waals surface area (Å²) in [6.45, 7) is 0. The van der Waals surface area contributed by atoms with Gasteiger partial charge in [0.15, 0.2) is 0 Å². The summed E-state index contributed by atoms with van der Waals surface area (Å²) in [7, 11) is 0. The Morgan fingerprint density at radius 1 is 0.365 bits per heavy atom. The van der Waals surface area contributed by atoms with Gasteiger partial charge in [-0.3, -0.25) is 0 Å². The molecule has 0 atom stereocenters. The summed E-state index contributed by atoms with van der Waals surface area (Å²) >= 11 is 0. The number of hydrogen-bond donors (Lipinski definition) is 0. The lowest BCUT2D eigenvalue weighted by molar-refractivity contribution is 1.17. The molecule has 0 amide bonds. The highest BCUT2D eigenvalue weighted by atomic mass is 15.0. The minimum atomic E-state index is 0.650. The summed E-state index contributed by atoms with van der Waals surface area (Å²) in [5.74, 6) is 0. The molecule has 0 aliphatic heterocycles. The van der Waals surface area contributed by atoms with E-state index in [9.17, 15) is 5.26 Å². The minimum absolute atomic E-state index is 0.650. The van der Waals surface area contributed by atoms with Gasteiger partial charge in [-0.25, -0.2) is 0 Å². The van der Waals surface area contributed by atoms with Crippen LogP contribution in [0.1, 0.15) is 5.56 Å². The third-order valence-corrected chi connectivity index (χ3v) is 10.4. The molecule has 0 unspecified atom stereocenters. The number of benzene rings is 8. The highest BCUT2D eigenvalue weighted by molar-refractivity contribution is 6.15. The molecule has 52 heavy (non-hydrogen) atoms. The Labute approximate surface area is 301 Å². The third-order valence-electron chi connectivity index (χ3n) is 10.4. The first kappa shape index (κ1) is 29.7. The van der Waals surface area contributed by atoms with Gasteiger partial charge in [0.2, 0.25) is 0 Å². The first-order valence-corrected chi connectivity index (χ1v) is 17.6. The molecule has 0 fully saturated rings. The molecule has 10 aromatic rings. The predicted molar refractivity (Wildman–Crippen MR) is 216 cm³/mol. The topological polar surface area (TPSA) is 33.6 Å². The molecule has 2 aromatic heterocycles. The Kier molecular flexibility index (Phi) is 6.87. The van der Waals surface area contributed by atoms with E-state index in [2.05, 4.69) is 179 Å². The first-order valence-electron chi connectivity index (χ1n) is 17.6. The lowest BCUT2D eigenvalue weighted by Crippen LogP contribution is -1.97. The van der Waals surface area contributed by atoms with Crippen molar-refractivity contribution in [2.24, 2.45) is 0 Å². The maximum atomic E-state index is 10.0. The van der Waals surface area contributed by atoms with Gasteiger partial charge in [0.05, 0.1) is 33.3 Å². The van der Waals surface area contributed by atoms with Crippen LogP contribution in [-0.4, -0.2) is 9.13 Å². The fourth-order valence-electron chi connectivity index (χ4n) is 8.17. The van der Waals surface area contributed by atoms with Crippen LogP contribution in [0.3, 0.4) is 0 Å². The van der Waals surface area contributed by atoms with Crippen LogP contribution in [0.25, 0.3) is 88.4 Å². The average Bonchev–Trinajstić information content (AvgIpc) is 3.74. The third kappa shape index (κ3) is 4.52. The average molecular weight is 662 g/mol. The van der Waals surface area contributed by atoms with Crippen molar-refractivity contribution < 1.29 is 0 Å². The summed E-state index contributed by atoms with van der Waals surface area (Å²) in [4.78, 5) is 0. The van der Waals surface area contributed by atoms with Gasteiger partial charge in [-0.1, -0.05) is 140 Å². The molecule has 8 aromatic carbocycles. The lowest BCUT2D eigenvalue weighted by Gasteiger charge is -2.17. The molecule has 0 spiro atoms. The maximum Gasteiger partial charge on any atom is 0.101 e. The van der Waals surface area contributed by atoms with Crippen LogP contribution in [-0.2, 0) is 0 Å². The van der Waals surface area contributed by atoms with Crippen LogP contribution in [0.4, 0.5) is 0 Å². The Bertz CT molecular complexity index is 3030. The number of hydrogen-bond acceptors (Lipinski definition) is 1. The van der Waals surface area contributed by atoms with Crippen molar-refractivity contribution in [1.29, 1.82) is 5.26 Å². The second-order valence-electron chi connectivity index (χ2n) is 13.2. The molecule has 0 saturated heterocycles. The second-order valence-corrected chi connectivity index (χ2v) is 13.2. The molecule has 242 valence electrons. The number of para-hydroxylation sites is 5. The largest absolute Gasteiger partial charge is 0.309 e. The zero-order valence-electron chi connectivity index (χ0n) is 28.2. The molecule has 0 N–H and O–H groups in total. The molecule has 0 radical (unpaired) electrons. The summed E-state index contributed by atoms with van der Waals surface area (Å²) in [5, 5.41) is 14.8. The Balaban J connectivity index is 1.20. The molecule has 0 saturated carbocycles. The summed E-state index contributed by atoms with van der Waals surface area (Å²) < 4.78 is 4.64. The van der Waals surface area contributed by atoms with Crippen molar-refractivity contribution in [3.05, 3.63) is 194 Å². The van der Waals surface area contributed by atoms with Gasteiger partial charge in [-0.2, -0.15) is 5.26 Å². The fourth-order valence-corrected chi connectivity index (χ4v) is 8.17. The Hall–Kier alpha value is -7.15. The van der Waals surface area contributed by atoms with Crippen LogP contribution in [0, 0.1) is 11.3 Å². The van der Waals surface area contributed by atoms with Crippen molar-refractivity contribution in [2.45, 2.75) is 0 Å². The molecule has 0 aliphatic rings. The number of nitriles is 1. The standard InChI is InChI=1S/C49H31N3/c50-32-34-15-4-11-26-45(34)52-47-28-13-10-23-41(47)44-31-33(29-30-48(44)52)36-18-5-6-19-37(36)38-20-7-8-21-39(38)42-24-14-25-43-40-22-9-12-27-46(40)51(49(42)43)35-16-2-1-3-17-35/h1-31H. The molecule has 10 rings (SSSR count). The van der Waals surface area contributed by atoms with E-state index < -0.39 is 0 Å². The second kappa shape index (κ2) is 12.0. The van der Waals surface area contributed by atoms with E-state index >= 15 is 0 Å². The van der Waals surface area contributed by atoms with Crippen molar-refractivity contribution >= 4 is 43.6 Å². The molecular formula is C49H31N3. The Morgan fingerprint density at radius 3 is 1.63 bits per heavy atom. The number of rotatable bonds is 5. The minimum Gasteiger partial charge on any atom is -0.309 e. The monoisotopic (exact) mass is 661 g/mol. The van der Waals surface area contributed by atoms with E-state index in [1.165, 1.54) is 49.6 Å². The van der Waals surface area contributed by atoms with E-state index in [1.807, 2.05) is 24.3 Å². The van der Waals surface area contributed by atoms with E-state index in [-0.39, 0.29) is 0 Å². The van der Waals surface area contributed by atoms with Gasteiger partial charge in [-0.05, 0) is 76.3 Å².